The molecular weight excluding hydrogens is 462 g/mol. The number of hydrogen-bond donors (Lipinski definition) is 1. The predicted molar refractivity (Wildman–Crippen MR) is 127 cm³/mol. The standard InChI is InChI=1S/C22H33N3O6SSi/c1-22(32(2,28)29,20(26)23-31-19-8-6-7-12-30-19)10-11-24-16-18-14-17(9-13-33(3,4)5)15-25(18)21(24)27/h14-15,19H,6-8,10-12,16H2,1-5H3,(H,23,26)/t19-,22-/m0/s1. The summed E-state index contributed by atoms with van der Waals surface area (Å²) in [5.41, 5.74) is 7.14. The van der Waals surface area contributed by atoms with E-state index in [9.17, 15) is 18.0 Å². The smallest absolute Gasteiger partial charge is 0.328 e. The lowest BCUT2D eigenvalue weighted by atomic mass is 10.1. The number of amides is 2. The topological polar surface area (TPSA) is 107 Å². The SMILES string of the molecule is C[C@](CCN1Cc2cc(C#C[Si](C)(C)C)cn2C1=O)(C(=O)NO[C@H]1CCCCO1)S(C)(=O)=O. The van der Waals surface area contributed by atoms with Crippen molar-refractivity contribution in [3.8, 4) is 11.5 Å². The van der Waals surface area contributed by atoms with Gasteiger partial charge in [-0.05, 0) is 32.3 Å². The first-order valence-electron chi connectivity index (χ1n) is 11.1. The van der Waals surface area contributed by atoms with Crippen molar-refractivity contribution in [2.45, 2.75) is 69.8 Å². The second-order valence-corrected chi connectivity index (χ2v) is 17.1. The molecule has 3 heterocycles. The molecule has 1 saturated heterocycles. The fourth-order valence-electron chi connectivity index (χ4n) is 3.57. The first-order chi connectivity index (χ1) is 15.3. The summed E-state index contributed by atoms with van der Waals surface area (Å²) in [4.78, 5) is 32.5. The van der Waals surface area contributed by atoms with Gasteiger partial charge in [0.1, 0.15) is 8.07 Å². The molecule has 0 aromatic carbocycles. The van der Waals surface area contributed by atoms with E-state index in [2.05, 4.69) is 36.6 Å². The minimum absolute atomic E-state index is 0.0641. The van der Waals surface area contributed by atoms with Crippen molar-refractivity contribution in [1.29, 1.82) is 0 Å². The Hall–Kier alpha value is -2.13. The molecule has 2 amide bonds. The molecule has 3 rings (SSSR count). The van der Waals surface area contributed by atoms with Crippen molar-refractivity contribution in [3.63, 3.8) is 0 Å². The number of nitrogens with zero attached hydrogens (tertiary/aromatic N) is 2. The Morgan fingerprint density at radius 3 is 2.67 bits per heavy atom. The van der Waals surface area contributed by atoms with E-state index < -0.39 is 34.9 Å². The van der Waals surface area contributed by atoms with Gasteiger partial charge in [-0.3, -0.25) is 9.36 Å². The van der Waals surface area contributed by atoms with Crippen LogP contribution in [-0.4, -0.2) is 68.3 Å². The minimum Gasteiger partial charge on any atom is -0.350 e. The zero-order valence-electron chi connectivity index (χ0n) is 19.9. The van der Waals surface area contributed by atoms with Crippen LogP contribution in [0.4, 0.5) is 4.79 Å². The van der Waals surface area contributed by atoms with E-state index >= 15 is 0 Å². The molecule has 0 unspecified atom stereocenters. The first kappa shape index (κ1) is 25.5. The zero-order chi connectivity index (χ0) is 24.4. The molecular formula is C22H33N3O6SSi. The van der Waals surface area contributed by atoms with Crippen LogP contribution in [0, 0.1) is 11.5 Å². The number of nitrogens with one attached hydrogen (secondary N) is 1. The van der Waals surface area contributed by atoms with Crippen LogP contribution in [0.5, 0.6) is 0 Å². The number of hydroxylamine groups is 1. The van der Waals surface area contributed by atoms with E-state index in [1.165, 1.54) is 16.4 Å². The van der Waals surface area contributed by atoms with Gasteiger partial charge in [0, 0.05) is 43.3 Å². The summed E-state index contributed by atoms with van der Waals surface area (Å²) in [6, 6.07) is 1.63. The molecule has 0 aliphatic carbocycles. The van der Waals surface area contributed by atoms with Crippen molar-refractivity contribution in [3.05, 3.63) is 23.5 Å². The quantitative estimate of drug-likeness (QED) is 0.353. The lowest BCUT2D eigenvalue weighted by Crippen LogP contribution is -2.52. The van der Waals surface area contributed by atoms with Crippen molar-refractivity contribution < 1.29 is 27.6 Å². The minimum atomic E-state index is -3.80. The average Bonchev–Trinajstić information content (AvgIpc) is 3.26. The summed E-state index contributed by atoms with van der Waals surface area (Å²) in [6.07, 6.45) is 4.54. The van der Waals surface area contributed by atoms with E-state index in [0.717, 1.165) is 30.4 Å². The van der Waals surface area contributed by atoms with Gasteiger partial charge in [-0.2, -0.15) is 0 Å². The number of carbonyl (C=O) groups excluding carboxylic acids is 2. The Balaban J connectivity index is 1.64. The summed E-state index contributed by atoms with van der Waals surface area (Å²) in [5.74, 6) is 2.38. The largest absolute Gasteiger partial charge is 0.350 e. The molecule has 0 spiro atoms. The monoisotopic (exact) mass is 495 g/mol. The van der Waals surface area contributed by atoms with Crippen LogP contribution in [0.2, 0.25) is 19.6 Å². The van der Waals surface area contributed by atoms with Gasteiger partial charge in [-0.15, -0.1) is 5.54 Å². The third kappa shape index (κ3) is 6.06. The molecule has 1 aromatic rings. The lowest BCUT2D eigenvalue weighted by molar-refractivity contribution is -0.201. The number of ether oxygens (including phenoxy) is 1. The number of aromatic nitrogens is 1. The normalized spacial score (nSPS) is 20.6. The van der Waals surface area contributed by atoms with Gasteiger partial charge in [-0.1, -0.05) is 25.6 Å². The molecule has 1 N–H and O–H groups in total. The molecule has 0 bridgehead atoms. The van der Waals surface area contributed by atoms with Crippen molar-refractivity contribution in [2.75, 3.05) is 19.4 Å². The van der Waals surface area contributed by atoms with Crippen LogP contribution < -0.4 is 5.48 Å². The maximum atomic E-state index is 12.8. The molecule has 11 heteroatoms. The van der Waals surface area contributed by atoms with Crippen LogP contribution in [0.1, 0.15) is 43.9 Å². The Morgan fingerprint density at radius 2 is 2.09 bits per heavy atom. The van der Waals surface area contributed by atoms with E-state index in [4.69, 9.17) is 9.57 Å². The Morgan fingerprint density at radius 1 is 1.36 bits per heavy atom. The van der Waals surface area contributed by atoms with Gasteiger partial charge in [0.2, 0.25) is 0 Å². The highest BCUT2D eigenvalue weighted by molar-refractivity contribution is 7.92. The summed E-state index contributed by atoms with van der Waals surface area (Å²) >= 11 is 0. The lowest BCUT2D eigenvalue weighted by Gasteiger charge is -2.29. The molecule has 0 radical (unpaired) electrons. The predicted octanol–water partition coefficient (Wildman–Crippen LogP) is 2.27. The highest BCUT2D eigenvalue weighted by Crippen LogP contribution is 2.26. The number of rotatable bonds is 7. The van der Waals surface area contributed by atoms with Gasteiger partial charge >= 0.3 is 6.03 Å². The Labute approximate surface area is 196 Å². The maximum Gasteiger partial charge on any atom is 0.328 e. The van der Waals surface area contributed by atoms with Gasteiger partial charge in [0.15, 0.2) is 20.9 Å². The fraction of sp³-hybridized carbons (Fsp3) is 0.636. The second-order valence-electron chi connectivity index (χ2n) is 9.89. The highest BCUT2D eigenvalue weighted by atomic mass is 32.2. The molecule has 1 fully saturated rings. The van der Waals surface area contributed by atoms with Crippen molar-refractivity contribution in [2.24, 2.45) is 0 Å². The summed E-state index contributed by atoms with van der Waals surface area (Å²) in [6.45, 7) is 8.78. The van der Waals surface area contributed by atoms with Crippen LogP contribution in [0.3, 0.4) is 0 Å². The molecule has 2 aliphatic rings. The molecule has 1 aromatic heterocycles. The third-order valence-electron chi connectivity index (χ3n) is 5.89. The summed E-state index contributed by atoms with van der Waals surface area (Å²) < 4.78 is 30.2. The number of carbonyl (C=O) groups is 2. The van der Waals surface area contributed by atoms with Crippen LogP contribution in [-0.2, 0) is 30.8 Å². The highest BCUT2D eigenvalue weighted by Gasteiger charge is 2.45. The van der Waals surface area contributed by atoms with E-state index in [1.54, 1.807) is 6.20 Å². The fourth-order valence-corrected chi connectivity index (χ4v) is 4.93. The second kappa shape index (κ2) is 9.62. The molecule has 2 aliphatic heterocycles. The average molecular weight is 496 g/mol. The molecule has 33 heavy (non-hydrogen) atoms. The Kier molecular flexibility index (Phi) is 7.43. The van der Waals surface area contributed by atoms with Gasteiger partial charge in [0.05, 0.1) is 6.54 Å². The van der Waals surface area contributed by atoms with Gasteiger partial charge < -0.3 is 9.64 Å². The summed E-state index contributed by atoms with van der Waals surface area (Å²) in [7, 11) is -5.33. The van der Waals surface area contributed by atoms with Crippen LogP contribution >= 0.6 is 0 Å². The summed E-state index contributed by atoms with van der Waals surface area (Å²) in [5, 5.41) is 0. The molecule has 9 nitrogen and oxygen atoms in total. The third-order valence-corrected chi connectivity index (χ3v) is 8.79. The van der Waals surface area contributed by atoms with Crippen LogP contribution in [0.25, 0.3) is 0 Å². The van der Waals surface area contributed by atoms with Crippen molar-refractivity contribution >= 4 is 29.8 Å². The van der Waals surface area contributed by atoms with E-state index in [1.807, 2.05) is 6.07 Å². The molecule has 0 saturated carbocycles. The van der Waals surface area contributed by atoms with E-state index in [-0.39, 0.29) is 19.0 Å². The van der Waals surface area contributed by atoms with E-state index in [0.29, 0.717) is 19.6 Å². The molecule has 182 valence electrons. The first-order valence-corrected chi connectivity index (χ1v) is 16.5. The molecule has 2 atom stereocenters. The van der Waals surface area contributed by atoms with Gasteiger partial charge in [-0.25, -0.2) is 23.5 Å². The van der Waals surface area contributed by atoms with Crippen LogP contribution in [0.15, 0.2) is 12.3 Å². The number of fused-ring (bicyclic) bond motifs is 1. The van der Waals surface area contributed by atoms with Crippen molar-refractivity contribution in [1.82, 2.24) is 14.9 Å². The maximum absolute atomic E-state index is 12.8. The number of sulfone groups is 1. The zero-order valence-corrected chi connectivity index (χ0v) is 21.8. The number of hydrogen-bond acceptors (Lipinski definition) is 6. The Bertz CT molecular complexity index is 1080. The van der Waals surface area contributed by atoms with Gasteiger partial charge in [0.25, 0.3) is 5.91 Å².